The average Bonchev–Trinajstić information content (AvgIpc) is 2.52. The fraction of sp³-hybridized carbons (Fsp3) is 0.588. The SMILES string of the molecule is CCCCN(CCO)C(=O)NC1CCCc2ccc(F)cc21. The van der Waals surface area contributed by atoms with E-state index in [1.807, 2.05) is 6.07 Å². The van der Waals surface area contributed by atoms with Crippen molar-refractivity contribution in [3.05, 3.63) is 35.1 Å². The molecule has 4 nitrogen and oxygen atoms in total. The lowest BCUT2D eigenvalue weighted by Crippen LogP contribution is -2.44. The van der Waals surface area contributed by atoms with Gasteiger partial charge in [0.1, 0.15) is 5.82 Å². The standard InChI is InChI=1S/C17H25FN2O2/c1-2-3-9-20(10-11-21)17(22)19-16-6-4-5-13-7-8-14(18)12-15(13)16/h7-8,12,16,21H,2-6,9-11H2,1H3,(H,19,22). The number of urea groups is 1. The van der Waals surface area contributed by atoms with Gasteiger partial charge in [-0.05, 0) is 48.9 Å². The van der Waals surface area contributed by atoms with Crippen molar-refractivity contribution in [3.63, 3.8) is 0 Å². The maximum absolute atomic E-state index is 13.5. The number of carbonyl (C=O) groups is 1. The zero-order valence-electron chi connectivity index (χ0n) is 13.1. The van der Waals surface area contributed by atoms with E-state index in [0.717, 1.165) is 43.2 Å². The molecule has 0 heterocycles. The van der Waals surface area contributed by atoms with Crippen LogP contribution in [0.5, 0.6) is 0 Å². The van der Waals surface area contributed by atoms with Crippen LogP contribution in [0.2, 0.25) is 0 Å². The molecule has 0 saturated carbocycles. The maximum atomic E-state index is 13.5. The molecule has 1 aliphatic rings. The number of amides is 2. The first kappa shape index (κ1) is 16.7. The van der Waals surface area contributed by atoms with Crippen LogP contribution in [0.15, 0.2) is 18.2 Å². The minimum absolute atomic E-state index is 0.0486. The van der Waals surface area contributed by atoms with Crippen molar-refractivity contribution in [1.29, 1.82) is 0 Å². The molecule has 2 N–H and O–H groups in total. The Balaban J connectivity index is 2.06. The van der Waals surface area contributed by atoms with Gasteiger partial charge >= 0.3 is 6.03 Å². The normalized spacial score (nSPS) is 17.0. The lowest BCUT2D eigenvalue weighted by Gasteiger charge is -2.30. The van der Waals surface area contributed by atoms with Gasteiger partial charge in [-0.25, -0.2) is 9.18 Å². The molecule has 1 aliphatic carbocycles. The monoisotopic (exact) mass is 308 g/mol. The van der Waals surface area contributed by atoms with Crippen molar-refractivity contribution in [2.24, 2.45) is 0 Å². The van der Waals surface area contributed by atoms with Gasteiger partial charge in [-0.2, -0.15) is 0 Å². The van der Waals surface area contributed by atoms with E-state index in [1.165, 1.54) is 12.1 Å². The molecule has 2 amide bonds. The Labute approximate surface area is 131 Å². The largest absolute Gasteiger partial charge is 0.395 e. The minimum Gasteiger partial charge on any atom is -0.395 e. The highest BCUT2D eigenvalue weighted by molar-refractivity contribution is 5.74. The van der Waals surface area contributed by atoms with Crippen molar-refractivity contribution < 1.29 is 14.3 Å². The summed E-state index contributed by atoms with van der Waals surface area (Å²) < 4.78 is 13.5. The number of nitrogens with zero attached hydrogens (tertiary/aromatic N) is 1. The molecule has 0 spiro atoms. The molecule has 0 aromatic heterocycles. The number of unbranched alkanes of at least 4 members (excludes halogenated alkanes) is 1. The first-order valence-corrected chi connectivity index (χ1v) is 8.10. The third-order valence-electron chi connectivity index (χ3n) is 4.16. The Kier molecular flexibility index (Phi) is 6.19. The van der Waals surface area contributed by atoms with Gasteiger partial charge in [-0.3, -0.25) is 0 Å². The number of rotatable bonds is 6. The summed E-state index contributed by atoms with van der Waals surface area (Å²) in [6.07, 6.45) is 4.63. The molecule has 1 aromatic carbocycles. The fourth-order valence-electron chi connectivity index (χ4n) is 2.94. The average molecular weight is 308 g/mol. The number of hydrogen-bond donors (Lipinski definition) is 2. The van der Waals surface area contributed by atoms with Crippen LogP contribution < -0.4 is 5.32 Å². The molecule has 1 atom stereocenters. The molecular formula is C17H25FN2O2. The maximum Gasteiger partial charge on any atom is 0.317 e. The second-order valence-corrected chi connectivity index (χ2v) is 5.80. The van der Waals surface area contributed by atoms with E-state index in [2.05, 4.69) is 12.2 Å². The molecule has 0 saturated heterocycles. The zero-order valence-corrected chi connectivity index (χ0v) is 13.1. The highest BCUT2D eigenvalue weighted by Gasteiger charge is 2.24. The number of carbonyl (C=O) groups excluding carboxylic acids is 1. The van der Waals surface area contributed by atoms with E-state index in [4.69, 9.17) is 5.11 Å². The predicted molar refractivity (Wildman–Crippen MR) is 84.2 cm³/mol. The van der Waals surface area contributed by atoms with Gasteiger partial charge in [0, 0.05) is 13.1 Å². The third kappa shape index (κ3) is 4.19. The van der Waals surface area contributed by atoms with Crippen LogP contribution in [0, 0.1) is 5.82 Å². The van der Waals surface area contributed by atoms with Gasteiger partial charge in [0.25, 0.3) is 0 Å². The lowest BCUT2D eigenvalue weighted by atomic mass is 9.87. The molecular weight excluding hydrogens is 283 g/mol. The molecule has 5 heteroatoms. The summed E-state index contributed by atoms with van der Waals surface area (Å²) in [5.41, 5.74) is 2.00. The molecule has 22 heavy (non-hydrogen) atoms. The lowest BCUT2D eigenvalue weighted by molar-refractivity contribution is 0.172. The van der Waals surface area contributed by atoms with Crippen LogP contribution in [0.4, 0.5) is 9.18 Å². The van der Waals surface area contributed by atoms with Gasteiger partial charge < -0.3 is 15.3 Å². The number of aliphatic hydroxyl groups excluding tert-OH is 1. The molecule has 0 fully saturated rings. The van der Waals surface area contributed by atoms with Gasteiger partial charge in [-0.1, -0.05) is 19.4 Å². The van der Waals surface area contributed by atoms with E-state index >= 15 is 0 Å². The molecule has 0 aliphatic heterocycles. The number of hydrogen-bond acceptors (Lipinski definition) is 2. The summed E-state index contributed by atoms with van der Waals surface area (Å²) in [5.74, 6) is -0.266. The second kappa shape index (κ2) is 8.13. The van der Waals surface area contributed by atoms with Crippen molar-refractivity contribution in [1.82, 2.24) is 10.2 Å². The highest BCUT2D eigenvalue weighted by Crippen LogP contribution is 2.30. The fourth-order valence-corrected chi connectivity index (χ4v) is 2.94. The first-order chi connectivity index (χ1) is 10.7. The van der Waals surface area contributed by atoms with Crippen LogP contribution in [0.3, 0.4) is 0 Å². The predicted octanol–water partition coefficient (Wildman–Crippen LogP) is 3.01. The van der Waals surface area contributed by atoms with E-state index in [9.17, 15) is 9.18 Å². The molecule has 0 bridgehead atoms. The number of aryl methyl sites for hydroxylation is 1. The Morgan fingerprint density at radius 3 is 3.00 bits per heavy atom. The summed E-state index contributed by atoms with van der Waals surface area (Å²) in [4.78, 5) is 14.0. The van der Waals surface area contributed by atoms with Crippen molar-refractivity contribution in [2.75, 3.05) is 19.7 Å². The molecule has 0 radical (unpaired) electrons. The van der Waals surface area contributed by atoms with Gasteiger partial charge in [0.2, 0.25) is 0 Å². The summed E-state index contributed by atoms with van der Waals surface area (Å²) in [7, 11) is 0. The van der Waals surface area contributed by atoms with Crippen LogP contribution in [0.25, 0.3) is 0 Å². The number of halogens is 1. The van der Waals surface area contributed by atoms with E-state index < -0.39 is 0 Å². The van der Waals surface area contributed by atoms with E-state index in [-0.39, 0.29) is 24.5 Å². The Bertz CT molecular complexity index is 507. The van der Waals surface area contributed by atoms with Crippen LogP contribution >= 0.6 is 0 Å². The van der Waals surface area contributed by atoms with Gasteiger partial charge in [-0.15, -0.1) is 0 Å². The topological polar surface area (TPSA) is 52.6 Å². The molecule has 1 aromatic rings. The molecule has 122 valence electrons. The number of fused-ring (bicyclic) bond motifs is 1. The van der Waals surface area contributed by atoms with Crippen molar-refractivity contribution in [3.8, 4) is 0 Å². The smallest absolute Gasteiger partial charge is 0.317 e. The summed E-state index contributed by atoms with van der Waals surface area (Å²) in [6.45, 7) is 2.97. The molecule has 2 rings (SSSR count). The van der Waals surface area contributed by atoms with Crippen molar-refractivity contribution >= 4 is 6.03 Å². The van der Waals surface area contributed by atoms with Crippen LogP contribution in [0.1, 0.15) is 49.8 Å². The molecule has 1 unspecified atom stereocenters. The summed E-state index contributed by atoms with van der Waals surface area (Å²) >= 11 is 0. The van der Waals surface area contributed by atoms with Crippen LogP contribution in [-0.2, 0) is 6.42 Å². The van der Waals surface area contributed by atoms with Crippen LogP contribution in [-0.4, -0.2) is 35.7 Å². The minimum atomic E-state index is -0.266. The quantitative estimate of drug-likeness (QED) is 0.849. The van der Waals surface area contributed by atoms with Gasteiger partial charge in [0.15, 0.2) is 0 Å². The number of benzene rings is 1. The van der Waals surface area contributed by atoms with E-state index in [1.54, 1.807) is 4.90 Å². The highest BCUT2D eigenvalue weighted by atomic mass is 19.1. The van der Waals surface area contributed by atoms with Gasteiger partial charge in [0.05, 0.1) is 12.6 Å². The Morgan fingerprint density at radius 2 is 2.27 bits per heavy atom. The Morgan fingerprint density at radius 1 is 1.45 bits per heavy atom. The zero-order chi connectivity index (χ0) is 15.9. The second-order valence-electron chi connectivity index (χ2n) is 5.80. The summed E-state index contributed by atoms with van der Waals surface area (Å²) in [5, 5.41) is 12.1. The Hall–Kier alpha value is -1.62. The van der Waals surface area contributed by atoms with Crippen molar-refractivity contribution in [2.45, 2.75) is 45.1 Å². The number of aliphatic hydroxyl groups is 1. The number of nitrogens with one attached hydrogen (secondary N) is 1. The van der Waals surface area contributed by atoms with E-state index in [0.29, 0.717) is 13.1 Å². The third-order valence-corrected chi connectivity index (χ3v) is 4.16. The first-order valence-electron chi connectivity index (χ1n) is 8.10. The summed E-state index contributed by atoms with van der Waals surface area (Å²) in [6, 6.07) is 4.50.